The van der Waals surface area contributed by atoms with Gasteiger partial charge in [0.05, 0.1) is 0 Å². The van der Waals surface area contributed by atoms with Crippen molar-refractivity contribution in [2.24, 2.45) is 15.2 Å². The van der Waals surface area contributed by atoms with Crippen LogP contribution in [0.3, 0.4) is 0 Å². The van der Waals surface area contributed by atoms with Crippen LogP contribution in [0.5, 0.6) is 0 Å². The second-order valence-electron chi connectivity index (χ2n) is 3.78. The Morgan fingerprint density at radius 3 is 2.78 bits per heavy atom. The van der Waals surface area contributed by atoms with Gasteiger partial charge in [0.2, 0.25) is 5.78 Å². The highest BCUT2D eigenvalue weighted by Crippen LogP contribution is 2.27. The first kappa shape index (κ1) is 10.5. The van der Waals surface area contributed by atoms with Gasteiger partial charge in [-0.2, -0.15) is 5.10 Å². The zero-order chi connectivity index (χ0) is 12.9. The van der Waals surface area contributed by atoms with Crippen molar-refractivity contribution in [1.82, 2.24) is 5.12 Å². The number of nitrogens with zero attached hydrogens (tertiary/aromatic N) is 4. The lowest BCUT2D eigenvalue weighted by Gasteiger charge is -2.17. The van der Waals surface area contributed by atoms with Crippen LogP contribution in [0.15, 0.2) is 45.8 Å². The van der Waals surface area contributed by atoms with Crippen molar-refractivity contribution in [3.63, 3.8) is 0 Å². The Balaban J connectivity index is 2.26. The van der Waals surface area contributed by atoms with E-state index < -0.39 is 5.82 Å². The minimum atomic E-state index is -0.437. The van der Waals surface area contributed by atoms with E-state index in [4.69, 9.17) is 0 Å². The van der Waals surface area contributed by atoms with Crippen LogP contribution >= 0.6 is 0 Å². The van der Waals surface area contributed by atoms with Crippen molar-refractivity contribution in [2.45, 2.75) is 0 Å². The molecule has 0 N–H and O–H groups in total. The van der Waals surface area contributed by atoms with E-state index in [-0.39, 0.29) is 17.3 Å². The van der Waals surface area contributed by atoms with Crippen molar-refractivity contribution in [1.29, 1.82) is 0 Å². The summed E-state index contributed by atoms with van der Waals surface area (Å²) in [5.74, 6) is -0.521. The fourth-order valence-electron chi connectivity index (χ4n) is 1.92. The van der Waals surface area contributed by atoms with Crippen LogP contribution < -0.4 is 0 Å². The lowest BCUT2D eigenvalue weighted by molar-refractivity contribution is 0.106. The molecular weight excluding hydrogens is 235 g/mol. The Bertz CT molecular complexity index is 675. The van der Waals surface area contributed by atoms with E-state index >= 15 is 0 Å². The molecule has 0 amide bonds. The Kier molecular flexibility index (Phi) is 2.00. The predicted octanol–water partition coefficient (Wildman–Crippen LogP) is 1.57. The molecule has 18 heavy (non-hydrogen) atoms. The van der Waals surface area contributed by atoms with Crippen LogP contribution in [0.4, 0.5) is 4.39 Å². The van der Waals surface area contributed by atoms with Crippen molar-refractivity contribution < 1.29 is 9.18 Å². The summed E-state index contributed by atoms with van der Waals surface area (Å²) < 4.78 is 13.2. The maximum Gasteiger partial charge on any atom is 0.214 e. The summed E-state index contributed by atoms with van der Waals surface area (Å²) in [7, 11) is 0. The van der Waals surface area contributed by atoms with Crippen LogP contribution in [-0.4, -0.2) is 29.0 Å². The Morgan fingerprint density at radius 1 is 1.28 bits per heavy atom. The second kappa shape index (κ2) is 3.43. The molecule has 0 unspecified atom stereocenters. The van der Waals surface area contributed by atoms with Gasteiger partial charge in [0, 0.05) is 17.8 Å². The third-order valence-corrected chi connectivity index (χ3v) is 2.72. The van der Waals surface area contributed by atoms with E-state index in [9.17, 15) is 9.18 Å². The van der Waals surface area contributed by atoms with E-state index in [2.05, 4.69) is 28.5 Å². The Hall–Kier alpha value is -2.63. The number of carbonyl (C=O) groups excluding carboxylic acids is 1. The molecule has 1 heterocycles. The van der Waals surface area contributed by atoms with Gasteiger partial charge < -0.3 is 0 Å². The first-order valence-corrected chi connectivity index (χ1v) is 5.10. The van der Waals surface area contributed by atoms with Crippen LogP contribution in [-0.2, 0) is 0 Å². The molecule has 88 valence electrons. The average Bonchev–Trinajstić information content (AvgIpc) is 2.61. The number of hydrazone groups is 2. The van der Waals surface area contributed by atoms with Gasteiger partial charge in [-0.25, -0.2) is 9.38 Å². The zero-order valence-electron chi connectivity index (χ0n) is 9.22. The van der Waals surface area contributed by atoms with Crippen molar-refractivity contribution in [2.75, 3.05) is 0 Å². The van der Waals surface area contributed by atoms with Crippen molar-refractivity contribution in [3.8, 4) is 0 Å². The lowest BCUT2D eigenvalue weighted by Crippen LogP contribution is -2.25. The quantitative estimate of drug-likeness (QED) is 0.702. The molecule has 1 aliphatic heterocycles. The topological polar surface area (TPSA) is 57.4 Å². The molecule has 1 aromatic rings. The molecular formula is C12H7FN4O. The number of Topliss-reactive ketones (excluding diaryl/α,β-unsaturated/α-hetero) is 1. The molecule has 0 atom stereocenters. The smallest absolute Gasteiger partial charge is 0.214 e. The fraction of sp³-hybridized carbons (Fsp3) is 0. The Morgan fingerprint density at radius 2 is 2.06 bits per heavy atom. The highest BCUT2D eigenvalue weighted by atomic mass is 19.1. The number of aliphatic imine (C=N–C) groups is 1. The molecule has 0 saturated heterocycles. The molecule has 0 bridgehead atoms. The summed E-state index contributed by atoms with van der Waals surface area (Å²) in [6.45, 7) is 6.93. The summed E-state index contributed by atoms with van der Waals surface area (Å²) in [5.41, 5.74) is 1.27. The lowest BCUT2D eigenvalue weighted by atomic mass is 10.1. The van der Waals surface area contributed by atoms with Gasteiger partial charge in [-0.05, 0) is 18.2 Å². The number of hydrogen-bond donors (Lipinski definition) is 0. The molecule has 1 aromatic carbocycles. The number of carbonyl (C=O) groups is 1. The molecule has 5 nitrogen and oxygen atoms in total. The van der Waals surface area contributed by atoms with E-state index in [0.29, 0.717) is 16.8 Å². The summed E-state index contributed by atoms with van der Waals surface area (Å²) in [4.78, 5) is 16.1. The van der Waals surface area contributed by atoms with Crippen LogP contribution in [0.25, 0.3) is 0 Å². The van der Waals surface area contributed by atoms with Gasteiger partial charge in [-0.15, -0.1) is 10.2 Å². The van der Waals surface area contributed by atoms with E-state index in [0.717, 1.165) is 5.12 Å². The summed E-state index contributed by atoms with van der Waals surface area (Å²) in [6.07, 6.45) is 0. The molecule has 2 aliphatic rings. The first-order chi connectivity index (χ1) is 8.61. The van der Waals surface area contributed by atoms with Crippen LogP contribution in [0.1, 0.15) is 15.9 Å². The summed E-state index contributed by atoms with van der Waals surface area (Å²) in [5, 5.41) is 8.78. The largest absolute Gasteiger partial charge is 0.287 e. The normalized spacial score (nSPS) is 17.1. The third kappa shape index (κ3) is 1.26. The highest BCUT2D eigenvalue weighted by Gasteiger charge is 2.36. The van der Waals surface area contributed by atoms with Gasteiger partial charge >= 0.3 is 0 Å². The standard InChI is InChI=1S/C12H7FN4O/c1-6-15-11-10(16-17(6)14-2)9-5-7(13)3-4-8(9)12(11)18/h3-5H,1-2H2. The zero-order valence-corrected chi connectivity index (χ0v) is 9.22. The van der Waals surface area contributed by atoms with E-state index in [1.165, 1.54) is 18.2 Å². The molecule has 6 heteroatoms. The van der Waals surface area contributed by atoms with E-state index in [1.54, 1.807) is 0 Å². The van der Waals surface area contributed by atoms with Crippen molar-refractivity contribution >= 4 is 23.9 Å². The van der Waals surface area contributed by atoms with Gasteiger partial charge in [-0.3, -0.25) is 4.79 Å². The minimum Gasteiger partial charge on any atom is -0.287 e. The first-order valence-electron chi connectivity index (χ1n) is 5.10. The summed E-state index contributed by atoms with van der Waals surface area (Å²) >= 11 is 0. The monoisotopic (exact) mass is 242 g/mol. The maximum atomic E-state index is 13.2. The summed E-state index contributed by atoms with van der Waals surface area (Å²) in [6, 6.07) is 3.91. The van der Waals surface area contributed by atoms with Gasteiger partial charge in [0.25, 0.3) is 0 Å². The third-order valence-electron chi connectivity index (χ3n) is 2.72. The molecule has 0 aromatic heterocycles. The minimum absolute atomic E-state index is 0.167. The molecule has 0 radical (unpaired) electrons. The van der Waals surface area contributed by atoms with Crippen LogP contribution in [0, 0.1) is 5.82 Å². The van der Waals surface area contributed by atoms with Gasteiger partial charge in [0.15, 0.2) is 5.82 Å². The van der Waals surface area contributed by atoms with Gasteiger partial charge in [0.1, 0.15) is 17.2 Å². The second-order valence-corrected chi connectivity index (χ2v) is 3.78. The van der Waals surface area contributed by atoms with E-state index in [1.807, 2.05) is 0 Å². The molecule has 1 aliphatic carbocycles. The number of ketones is 1. The highest BCUT2D eigenvalue weighted by molar-refractivity contribution is 6.78. The number of hydrogen-bond acceptors (Lipinski definition) is 5. The average molecular weight is 242 g/mol. The molecule has 0 fully saturated rings. The van der Waals surface area contributed by atoms with Crippen molar-refractivity contribution in [3.05, 3.63) is 47.5 Å². The SMILES string of the molecule is C=NN1N=C2C(=NC1=C)C(=O)c1ccc(F)cc12. The number of halogens is 1. The predicted molar refractivity (Wildman–Crippen MR) is 65.2 cm³/mol. The van der Waals surface area contributed by atoms with Gasteiger partial charge in [-0.1, -0.05) is 6.58 Å². The maximum absolute atomic E-state index is 13.2. The molecule has 0 spiro atoms. The number of benzene rings is 1. The fourth-order valence-corrected chi connectivity index (χ4v) is 1.92. The number of rotatable bonds is 1. The Labute approximate surface area is 102 Å². The van der Waals surface area contributed by atoms with Crippen LogP contribution in [0.2, 0.25) is 0 Å². The molecule has 3 rings (SSSR count). The molecule has 0 saturated carbocycles. The number of fused-ring (bicyclic) bond motifs is 3.